The zero-order valence-corrected chi connectivity index (χ0v) is 10.3. The largest absolute Gasteiger partial charge is 0.389 e. The van der Waals surface area contributed by atoms with E-state index in [-0.39, 0.29) is 4.99 Å². The Balaban J connectivity index is 2.37. The van der Waals surface area contributed by atoms with E-state index < -0.39 is 12.2 Å². The molecule has 0 aliphatic carbocycles. The lowest BCUT2D eigenvalue weighted by Crippen LogP contribution is -2.26. The summed E-state index contributed by atoms with van der Waals surface area (Å²) in [7, 11) is 0. The molecule has 6 heteroatoms. The van der Waals surface area contributed by atoms with E-state index in [1.54, 1.807) is 4.90 Å². The number of rotatable bonds is 2. The Morgan fingerprint density at radius 3 is 2.53 bits per heavy atom. The van der Waals surface area contributed by atoms with Gasteiger partial charge in [-0.25, -0.2) is 4.98 Å². The van der Waals surface area contributed by atoms with Crippen molar-refractivity contribution in [3.05, 3.63) is 23.4 Å². The van der Waals surface area contributed by atoms with Crippen LogP contribution in [0.1, 0.15) is 11.3 Å². The molecule has 1 saturated heterocycles. The number of aromatic nitrogens is 1. The minimum Gasteiger partial charge on any atom is -0.389 e. The summed E-state index contributed by atoms with van der Waals surface area (Å²) in [4.78, 5) is 6.45. The first-order valence-electron chi connectivity index (χ1n) is 5.37. The van der Waals surface area contributed by atoms with Gasteiger partial charge in [0.2, 0.25) is 0 Å². The number of thiocarbonyl (C=S) groups is 1. The quantitative estimate of drug-likeness (QED) is 0.620. The molecule has 0 aromatic carbocycles. The van der Waals surface area contributed by atoms with Gasteiger partial charge in [0.25, 0.3) is 0 Å². The standard InChI is InChI=1S/C11H15N3O2S/c1-6-2-3-7(10(12)17)11(13-6)14-4-8(15)9(16)5-14/h2-3,8-9,15-16H,4-5H2,1H3,(H2,12,17). The normalized spacial score (nSPS) is 24.1. The molecule has 0 saturated carbocycles. The van der Waals surface area contributed by atoms with E-state index in [9.17, 15) is 10.2 Å². The van der Waals surface area contributed by atoms with Gasteiger partial charge in [-0.2, -0.15) is 0 Å². The van der Waals surface area contributed by atoms with Crippen LogP contribution in [0.25, 0.3) is 0 Å². The maximum atomic E-state index is 9.54. The molecule has 2 unspecified atom stereocenters. The zero-order chi connectivity index (χ0) is 12.6. The number of nitrogens with two attached hydrogens (primary N) is 1. The molecule has 0 amide bonds. The number of anilines is 1. The molecule has 2 atom stereocenters. The van der Waals surface area contributed by atoms with Crippen molar-refractivity contribution in [1.29, 1.82) is 0 Å². The molecule has 92 valence electrons. The second-order valence-electron chi connectivity index (χ2n) is 4.23. The third-order valence-electron chi connectivity index (χ3n) is 2.84. The van der Waals surface area contributed by atoms with Crippen molar-refractivity contribution < 1.29 is 10.2 Å². The van der Waals surface area contributed by atoms with Gasteiger partial charge in [0.15, 0.2) is 0 Å². The average molecular weight is 253 g/mol. The predicted octanol–water partition coefficient (Wildman–Crippen LogP) is -0.434. The average Bonchev–Trinajstić information content (AvgIpc) is 2.58. The van der Waals surface area contributed by atoms with Gasteiger partial charge >= 0.3 is 0 Å². The first-order valence-corrected chi connectivity index (χ1v) is 5.78. The molecule has 5 nitrogen and oxygen atoms in total. The third kappa shape index (κ3) is 2.38. The lowest BCUT2D eigenvalue weighted by molar-refractivity contribution is 0.0572. The highest BCUT2D eigenvalue weighted by atomic mass is 32.1. The summed E-state index contributed by atoms with van der Waals surface area (Å²) in [6.07, 6.45) is -1.51. The fourth-order valence-corrected chi connectivity index (χ4v) is 2.08. The summed E-state index contributed by atoms with van der Waals surface area (Å²) < 4.78 is 0. The van der Waals surface area contributed by atoms with Crippen molar-refractivity contribution in [3.8, 4) is 0 Å². The number of aryl methyl sites for hydroxylation is 1. The van der Waals surface area contributed by atoms with Crippen LogP contribution in [0.3, 0.4) is 0 Å². The van der Waals surface area contributed by atoms with Crippen LogP contribution in [0.5, 0.6) is 0 Å². The first kappa shape index (κ1) is 12.2. The summed E-state index contributed by atoms with van der Waals surface area (Å²) in [5.74, 6) is 0.633. The molecule has 0 spiro atoms. The van der Waals surface area contributed by atoms with Gasteiger partial charge in [0, 0.05) is 18.8 Å². The Morgan fingerprint density at radius 2 is 2.00 bits per heavy atom. The fraction of sp³-hybridized carbons (Fsp3) is 0.455. The SMILES string of the molecule is Cc1ccc(C(N)=S)c(N2CC(O)C(O)C2)n1. The van der Waals surface area contributed by atoms with Crippen LogP contribution in [0.4, 0.5) is 5.82 Å². The highest BCUT2D eigenvalue weighted by Gasteiger charge is 2.31. The van der Waals surface area contributed by atoms with Gasteiger partial charge in [-0.15, -0.1) is 0 Å². The second-order valence-corrected chi connectivity index (χ2v) is 4.67. The van der Waals surface area contributed by atoms with Crippen LogP contribution < -0.4 is 10.6 Å². The molecule has 0 bridgehead atoms. The van der Waals surface area contributed by atoms with Gasteiger partial charge in [-0.3, -0.25) is 0 Å². The van der Waals surface area contributed by atoms with Gasteiger partial charge in [-0.1, -0.05) is 12.2 Å². The number of β-amino-alcohol motifs (C(OH)–C–C–N with tert-alkyl or cyclic N) is 2. The molecule has 2 heterocycles. The van der Waals surface area contributed by atoms with Crippen molar-refractivity contribution in [3.63, 3.8) is 0 Å². The molecule has 1 fully saturated rings. The highest BCUT2D eigenvalue weighted by Crippen LogP contribution is 2.23. The van der Waals surface area contributed by atoms with Crippen LogP contribution in [-0.2, 0) is 0 Å². The minimum absolute atomic E-state index is 0.267. The maximum Gasteiger partial charge on any atom is 0.139 e. The Morgan fingerprint density at radius 1 is 1.41 bits per heavy atom. The molecule has 0 radical (unpaired) electrons. The Bertz CT molecular complexity index is 442. The number of aliphatic hydroxyl groups excluding tert-OH is 2. The molecule has 1 aliphatic rings. The number of pyridine rings is 1. The summed E-state index contributed by atoms with van der Waals surface area (Å²) >= 11 is 4.97. The van der Waals surface area contributed by atoms with E-state index in [1.165, 1.54) is 0 Å². The van der Waals surface area contributed by atoms with E-state index in [1.807, 2.05) is 19.1 Å². The highest BCUT2D eigenvalue weighted by molar-refractivity contribution is 7.80. The molecule has 1 aliphatic heterocycles. The Hall–Kier alpha value is -1.24. The lowest BCUT2D eigenvalue weighted by atomic mass is 10.2. The summed E-state index contributed by atoms with van der Waals surface area (Å²) in [5, 5.41) is 19.1. The van der Waals surface area contributed by atoms with Crippen LogP contribution in [0, 0.1) is 6.92 Å². The zero-order valence-electron chi connectivity index (χ0n) is 9.50. The summed E-state index contributed by atoms with van der Waals surface area (Å²) in [5.41, 5.74) is 7.16. The van der Waals surface area contributed by atoms with Gasteiger partial charge in [-0.05, 0) is 19.1 Å². The molecule has 4 N–H and O–H groups in total. The monoisotopic (exact) mass is 253 g/mol. The number of hydrogen-bond acceptors (Lipinski definition) is 5. The summed E-state index contributed by atoms with van der Waals surface area (Å²) in [6, 6.07) is 3.65. The maximum absolute atomic E-state index is 9.54. The molecular formula is C11H15N3O2S. The smallest absolute Gasteiger partial charge is 0.139 e. The summed E-state index contributed by atoms with van der Waals surface area (Å²) in [6.45, 7) is 2.55. The minimum atomic E-state index is -0.753. The van der Waals surface area contributed by atoms with Crippen LogP contribution in [-0.4, -0.2) is 45.5 Å². The van der Waals surface area contributed by atoms with E-state index in [2.05, 4.69) is 4.98 Å². The van der Waals surface area contributed by atoms with Crippen LogP contribution in [0.2, 0.25) is 0 Å². The van der Waals surface area contributed by atoms with E-state index in [4.69, 9.17) is 18.0 Å². The molecule has 1 aromatic rings. The lowest BCUT2D eigenvalue weighted by Gasteiger charge is -2.20. The van der Waals surface area contributed by atoms with Crippen LogP contribution in [0.15, 0.2) is 12.1 Å². The van der Waals surface area contributed by atoms with Gasteiger partial charge < -0.3 is 20.8 Å². The molecule has 2 rings (SSSR count). The molecular weight excluding hydrogens is 238 g/mol. The number of nitrogens with zero attached hydrogens (tertiary/aromatic N) is 2. The van der Waals surface area contributed by atoms with Crippen molar-refractivity contribution >= 4 is 23.0 Å². The topological polar surface area (TPSA) is 82.6 Å². The van der Waals surface area contributed by atoms with E-state index in [0.717, 1.165) is 5.69 Å². The van der Waals surface area contributed by atoms with E-state index in [0.29, 0.717) is 24.5 Å². The number of aliphatic hydroxyl groups is 2. The third-order valence-corrected chi connectivity index (χ3v) is 3.06. The second kappa shape index (κ2) is 4.56. The van der Waals surface area contributed by atoms with Crippen molar-refractivity contribution in [2.75, 3.05) is 18.0 Å². The Kier molecular flexibility index (Phi) is 3.28. The fourth-order valence-electron chi connectivity index (χ4n) is 1.92. The predicted molar refractivity (Wildman–Crippen MR) is 69.1 cm³/mol. The van der Waals surface area contributed by atoms with Gasteiger partial charge in [0.05, 0.1) is 17.8 Å². The van der Waals surface area contributed by atoms with Crippen molar-refractivity contribution in [2.45, 2.75) is 19.1 Å². The van der Waals surface area contributed by atoms with E-state index >= 15 is 0 Å². The van der Waals surface area contributed by atoms with Crippen molar-refractivity contribution in [1.82, 2.24) is 4.98 Å². The molecule has 17 heavy (non-hydrogen) atoms. The Labute approximate surface area is 105 Å². The first-order chi connectivity index (χ1) is 7.99. The van der Waals surface area contributed by atoms with Crippen LogP contribution >= 0.6 is 12.2 Å². The van der Waals surface area contributed by atoms with Gasteiger partial charge in [0.1, 0.15) is 10.8 Å². The van der Waals surface area contributed by atoms with Crippen molar-refractivity contribution in [2.24, 2.45) is 5.73 Å². The molecule has 1 aromatic heterocycles. The number of hydrogen-bond donors (Lipinski definition) is 3.